The van der Waals surface area contributed by atoms with E-state index >= 15 is 0 Å². The van der Waals surface area contributed by atoms with Crippen LogP contribution in [-0.2, 0) is 10.3 Å². The van der Waals surface area contributed by atoms with E-state index in [9.17, 15) is 0 Å². The number of ether oxygens (including phenoxy) is 2. The van der Waals surface area contributed by atoms with Crippen LogP contribution in [0.3, 0.4) is 0 Å². The molecular formula is C26H32N6O2. The fourth-order valence-electron chi connectivity index (χ4n) is 4.57. The molecule has 3 atom stereocenters. The third-order valence-electron chi connectivity index (χ3n) is 6.36. The van der Waals surface area contributed by atoms with Gasteiger partial charge in [0.2, 0.25) is 5.88 Å². The second kappa shape index (κ2) is 8.94. The quantitative estimate of drug-likeness (QED) is 0.454. The molecule has 0 radical (unpaired) electrons. The average molecular weight is 461 g/mol. The first-order valence-electron chi connectivity index (χ1n) is 11.9. The molecule has 8 heteroatoms. The van der Waals surface area contributed by atoms with Gasteiger partial charge in [0.05, 0.1) is 41.2 Å². The number of benzene rings is 1. The van der Waals surface area contributed by atoms with Crippen LogP contribution in [0.5, 0.6) is 5.88 Å². The summed E-state index contributed by atoms with van der Waals surface area (Å²) in [5.41, 5.74) is 11.1. The molecule has 0 spiro atoms. The predicted molar refractivity (Wildman–Crippen MR) is 133 cm³/mol. The molecule has 34 heavy (non-hydrogen) atoms. The summed E-state index contributed by atoms with van der Waals surface area (Å²) in [7, 11) is 0. The van der Waals surface area contributed by atoms with Crippen molar-refractivity contribution in [3.05, 3.63) is 54.2 Å². The number of imidazole rings is 1. The van der Waals surface area contributed by atoms with Gasteiger partial charge in [0.15, 0.2) is 0 Å². The zero-order valence-electron chi connectivity index (χ0n) is 20.2. The van der Waals surface area contributed by atoms with Gasteiger partial charge in [-0.2, -0.15) is 0 Å². The van der Waals surface area contributed by atoms with Crippen LogP contribution >= 0.6 is 0 Å². The lowest BCUT2D eigenvalue weighted by Gasteiger charge is -2.37. The Labute approximate surface area is 199 Å². The largest absolute Gasteiger partial charge is 0.478 e. The second-order valence-electron chi connectivity index (χ2n) is 9.49. The molecule has 1 aliphatic heterocycles. The Kier molecular flexibility index (Phi) is 5.97. The minimum absolute atomic E-state index is 0.106. The molecule has 3 N–H and O–H groups in total. The van der Waals surface area contributed by atoms with Crippen molar-refractivity contribution in [2.75, 3.05) is 19.7 Å². The number of rotatable bonds is 6. The summed E-state index contributed by atoms with van der Waals surface area (Å²) in [6.07, 6.45) is 4.63. The monoisotopic (exact) mass is 460 g/mol. The molecule has 0 saturated carbocycles. The highest BCUT2D eigenvalue weighted by atomic mass is 16.5. The number of nitrogens with zero attached hydrogens (tertiary/aromatic N) is 4. The van der Waals surface area contributed by atoms with Gasteiger partial charge < -0.3 is 20.5 Å². The number of fused-ring (bicyclic) bond motifs is 3. The van der Waals surface area contributed by atoms with Crippen molar-refractivity contribution in [3.63, 3.8) is 0 Å². The number of nitrogens with one attached hydrogen (secondary N) is 1. The summed E-state index contributed by atoms with van der Waals surface area (Å²) in [5, 5.41) is 3.49. The van der Waals surface area contributed by atoms with Crippen molar-refractivity contribution < 1.29 is 9.47 Å². The molecular weight excluding hydrogens is 428 g/mol. The fraction of sp³-hybridized carbons (Fsp3) is 0.423. The number of morpholine rings is 1. The van der Waals surface area contributed by atoms with Gasteiger partial charge in [-0.25, -0.2) is 9.97 Å². The van der Waals surface area contributed by atoms with Gasteiger partial charge in [0.25, 0.3) is 0 Å². The molecule has 178 valence electrons. The number of hydrogen-bond acceptors (Lipinski definition) is 7. The molecule has 0 aliphatic carbocycles. The lowest BCUT2D eigenvalue weighted by atomic mass is 10.0. The normalized spacial score (nSPS) is 21.7. The summed E-state index contributed by atoms with van der Waals surface area (Å²) in [4.78, 5) is 14.1. The number of nitrogens with two attached hydrogens (primary N) is 1. The van der Waals surface area contributed by atoms with Crippen LogP contribution in [0.4, 0.5) is 0 Å². The zero-order valence-corrected chi connectivity index (χ0v) is 20.2. The molecule has 8 nitrogen and oxygen atoms in total. The SMILES string of the molecule is Cc1nc([C@]2(C)CNC[C@@H](C)O2)n2c1cnc1ccc(-c3ccc(OCCC(C)N)nc3)cc12. The highest BCUT2D eigenvalue weighted by Gasteiger charge is 2.37. The van der Waals surface area contributed by atoms with Crippen LogP contribution < -0.4 is 15.8 Å². The summed E-state index contributed by atoms with van der Waals surface area (Å²) in [6.45, 7) is 10.3. The van der Waals surface area contributed by atoms with Crippen molar-refractivity contribution in [1.29, 1.82) is 0 Å². The summed E-state index contributed by atoms with van der Waals surface area (Å²) >= 11 is 0. The smallest absolute Gasteiger partial charge is 0.213 e. The van der Waals surface area contributed by atoms with Gasteiger partial charge in [0, 0.05) is 37.0 Å². The molecule has 1 fully saturated rings. The Morgan fingerprint density at radius 2 is 2.03 bits per heavy atom. The van der Waals surface area contributed by atoms with E-state index in [1.165, 1.54) is 0 Å². The third kappa shape index (κ3) is 4.24. The fourth-order valence-corrected chi connectivity index (χ4v) is 4.57. The van der Waals surface area contributed by atoms with Crippen LogP contribution in [0.25, 0.3) is 27.7 Å². The van der Waals surface area contributed by atoms with E-state index in [2.05, 4.69) is 40.7 Å². The summed E-state index contributed by atoms with van der Waals surface area (Å²) < 4.78 is 14.3. The summed E-state index contributed by atoms with van der Waals surface area (Å²) in [6, 6.07) is 10.3. The predicted octanol–water partition coefficient (Wildman–Crippen LogP) is 3.59. The zero-order chi connectivity index (χ0) is 23.9. The van der Waals surface area contributed by atoms with Gasteiger partial charge in [-0.1, -0.05) is 6.07 Å². The molecule has 1 aromatic carbocycles. The Balaban J connectivity index is 1.55. The first-order valence-corrected chi connectivity index (χ1v) is 11.9. The standard InChI is InChI=1S/C26H32N6O2/c1-16(27)9-10-33-24-8-6-20(13-30-24)19-5-7-21-22(11-19)32-23(14-29-21)18(3)31-25(32)26(4)15-28-12-17(2)34-26/h5-8,11,13-14,16-17,28H,9-10,12,15,27H2,1-4H3/t16?,17-,26+/m1/s1. The Bertz CT molecular complexity index is 1320. The van der Waals surface area contributed by atoms with Gasteiger partial charge in [-0.3, -0.25) is 9.38 Å². The molecule has 5 rings (SSSR count). The van der Waals surface area contributed by atoms with Crippen molar-refractivity contribution in [1.82, 2.24) is 24.7 Å². The molecule has 1 unspecified atom stereocenters. The van der Waals surface area contributed by atoms with Gasteiger partial charge in [-0.05, 0) is 57.9 Å². The third-order valence-corrected chi connectivity index (χ3v) is 6.36. The number of aryl methyl sites for hydroxylation is 1. The van der Waals surface area contributed by atoms with Crippen molar-refractivity contribution in [2.24, 2.45) is 5.73 Å². The van der Waals surface area contributed by atoms with Crippen molar-refractivity contribution in [2.45, 2.75) is 51.9 Å². The maximum atomic E-state index is 6.41. The van der Waals surface area contributed by atoms with E-state index < -0.39 is 5.60 Å². The van der Waals surface area contributed by atoms with Crippen LogP contribution in [0.2, 0.25) is 0 Å². The molecule has 4 heterocycles. The first-order chi connectivity index (χ1) is 16.3. The molecule has 4 aromatic rings. The van der Waals surface area contributed by atoms with Crippen LogP contribution in [0.1, 0.15) is 38.7 Å². The molecule has 1 saturated heterocycles. The Morgan fingerprint density at radius 1 is 1.21 bits per heavy atom. The minimum atomic E-state index is -0.541. The molecule has 1 aliphatic rings. The van der Waals surface area contributed by atoms with Crippen LogP contribution in [0.15, 0.2) is 42.7 Å². The van der Waals surface area contributed by atoms with Crippen molar-refractivity contribution >= 4 is 16.6 Å². The van der Waals surface area contributed by atoms with E-state index in [1.807, 2.05) is 44.4 Å². The number of aromatic nitrogens is 4. The number of hydrogen-bond donors (Lipinski definition) is 2. The van der Waals surface area contributed by atoms with E-state index in [0.717, 1.165) is 52.2 Å². The minimum Gasteiger partial charge on any atom is -0.478 e. The van der Waals surface area contributed by atoms with E-state index in [-0.39, 0.29) is 12.1 Å². The molecule has 0 amide bonds. The Hall–Kier alpha value is -3.07. The van der Waals surface area contributed by atoms with Crippen LogP contribution in [0, 0.1) is 6.92 Å². The van der Waals surface area contributed by atoms with Gasteiger partial charge in [0.1, 0.15) is 11.4 Å². The Morgan fingerprint density at radius 3 is 2.76 bits per heavy atom. The lowest BCUT2D eigenvalue weighted by Crippen LogP contribution is -2.50. The maximum Gasteiger partial charge on any atom is 0.213 e. The van der Waals surface area contributed by atoms with E-state index in [0.29, 0.717) is 19.0 Å². The lowest BCUT2D eigenvalue weighted by molar-refractivity contribution is -0.108. The second-order valence-corrected chi connectivity index (χ2v) is 9.49. The maximum absolute atomic E-state index is 6.41. The first kappa shape index (κ1) is 22.7. The summed E-state index contributed by atoms with van der Waals surface area (Å²) in [5.74, 6) is 1.49. The highest BCUT2D eigenvalue weighted by molar-refractivity contribution is 5.84. The average Bonchev–Trinajstić information content (AvgIpc) is 3.17. The van der Waals surface area contributed by atoms with Gasteiger partial charge >= 0.3 is 0 Å². The van der Waals surface area contributed by atoms with E-state index in [1.54, 1.807) is 0 Å². The molecule has 3 aromatic heterocycles. The molecule has 0 bridgehead atoms. The van der Waals surface area contributed by atoms with Crippen LogP contribution in [-0.4, -0.2) is 51.2 Å². The topological polar surface area (TPSA) is 99.6 Å². The van der Waals surface area contributed by atoms with Crippen molar-refractivity contribution in [3.8, 4) is 17.0 Å². The number of pyridine rings is 1. The van der Waals surface area contributed by atoms with E-state index in [4.69, 9.17) is 25.2 Å². The van der Waals surface area contributed by atoms with Gasteiger partial charge in [-0.15, -0.1) is 0 Å². The highest BCUT2D eigenvalue weighted by Crippen LogP contribution is 2.33.